The zero-order valence-electron chi connectivity index (χ0n) is 17.9. The van der Waals surface area contributed by atoms with E-state index in [-0.39, 0.29) is 11.8 Å². The molecule has 0 spiro atoms. The Morgan fingerprint density at radius 1 is 1.14 bits per heavy atom. The van der Waals surface area contributed by atoms with Gasteiger partial charge in [-0.2, -0.15) is 0 Å². The number of para-hydroxylation sites is 1. The molecule has 1 saturated heterocycles. The number of nitrogens with zero attached hydrogens (tertiary/aromatic N) is 2. The van der Waals surface area contributed by atoms with E-state index < -0.39 is 0 Å². The minimum atomic E-state index is 0.266. The topological polar surface area (TPSA) is 49.5 Å². The molecule has 5 nitrogen and oxygen atoms in total. The van der Waals surface area contributed by atoms with Gasteiger partial charge < -0.3 is 19.6 Å². The van der Waals surface area contributed by atoms with Crippen LogP contribution >= 0.6 is 0 Å². The number of benzene rings is 2. The first-order chi connectivity index (χ1) is 14.2. The normalized spacial score (nSPS) is 15.7. The van der Waals surface area contributed by atoms with Gasteiger partial charge in [0.15, 0.2) is 0 Å². The van der Waals surface area contributed by atoms with Crippen molar-refractivity contribution in [1.29, 1.82) is 0 Å². The Labute approximate surface area is 174 Å². The molecule has 3 rings (SSSR count). The second kappa shape index (κ2) is 10.3. The van der Waals surface area contributed by atoms with Crippen LogP contribution in [0, 0.1) is 0 Å². The molecule has 0 radical (unpaired) electrons. The highest BCUT2D eigenvalue weighted by molar-refractivity contribution is 5.84. The van der Waals surface area contributed by atoms with Crippen molar-refractivity contribution in [3.8, 4) is 11.5 Å². The summed E-state index contributed by atoms with van der Waals surface area (Å²) in [6.45, 7) is 9.09. The number of aliphatic imine (C=N–C) groups is 1. The lowest BCUT2D eigenvalue weighted by Gasteiger charge is -2.25. The fraction of sp³-hybridized carbons (Fsp3) is 0.458. The maximum atomic E-state index is 10.5. The predicted octanol–water partition coefficient (Wildman–Crippen LogP) is 3.09. The minimum absolute atomic E-state index is 0.266. The first-order valence-corrected chi connectivity index (χ1v) is 10.7. The maximum Gasteiger partial charge on any atom is 0.136 e. The lowest BCUT2D eigenvalue weighted by atomic mass is 10.0. The lowest BCUT2D eigenvalue weighted by Crippen LogP contribution is -3.10. The van der Waals surface area contributed by atoms with E-state index in [0.29, 0.717) is 6.54 Å². The molecule has 0 aromatic heterocycles. The summed E-state index contributed by atoms with van der Waals surface area (Å²) in [5.74, 6) is 1.21. The van der Waals surface area contributed by atoms with Crippen molar-refractivity contribution in [1.82, 2.24) is 0 Å². The van der Waals surface area contributed by atoms with Crippen LogP contribution in [0.1, 0.15) is 43.9 Å². The molecule has 2 aromatic carbocycles. The van der Waals surface area contributed by atoms with Crippen molar-refractivity contribution in [2.75, 3.05) is 44.7 Å². The van der Waals surface area contributed by atoms with Crippen molar-refractivity contribution in [3.05, 3.63) is 53.6 Å². The highest BCUT2D eigenvalue weighted by Gasteiger charge is 2.29. The average molecular weight is 397 g/mol. The second-order valence-corrected chi connectivity index (χ2v) is 7.57. The second-order valence-electron chi connectivity index (χ2n) is 7.57. The molecule has 156 valence electrons. The molecular formula is C24H34N3O2+. The summed E-state index contributed by atoms with van der Waals surface area (Å²) in [7, 11) is 1.73. The first-order valence-electron chi connectivity index (χ1n) is 10.7. The molecule has 1 atom stereocenters. The first kappa shape index (κ1) is 21.2. The number of likely N-dealkylation sites (tertiary alicyclic amines) is 1. The van der Waals surface area contributed by atoms with Crippen LogP contribution < -0.4 is 14.5 Å². The van der Waals surface area contributed by atoms with Crippen molar-refractivity contribution < 1.29 is 14.7 Å². The zero-order chi connectivity index (χ0) is 20.6. The van der Waals surface area contributed by atoms with Crippen LogP contribution in [0.2, 0.25) is 0 Å². The van der Waals surface area contributed by atoms with E-state index in [2.05, 4.69) is 36.9 Å². The van der Waals surface area contributed by atoms with Crippen LogP contribution in [0.15, 0.2) is 47.5 Å². The molecule has 2 N–H and O–H groups in total. The van der Waals surface area contributed by atoms with E-state index in [9.17, 15) is 5.11 Å². The molecule has 0 unspecified atom stereocenters. The Bertz CT molecular complexity index is 812. The lowest BCUT2D eigenvalue weighted by molar-refractivity contribution is -0.918. The predicted molar refractivity (Wildman–Crippen MR) is 120 cm³/mol. The van der Waals surface area contributed by atoms with Crippen LogP contribution in [0.3, 0.4) is 0 Å². The van der Waals surface area contributed by atoms with Crippen molar-refractivity contribution in [2.24, 2.45) is 4.99 Å². The Kier molecular flexibility index (Phi) is 7.53. The summed E-state index contributed by atoms with van der Waals surface area (Å²) in [6.07, 6.45) is 4.33. The molecule has 1 fully saturated rings. The molecule has 0 aliphatic carbocycles. The molecule has 0 bridgehead atoms. The van der Waals surface area contributed by atoms with E-state index in [1.807, 2.05) is 24.3 Å². The van der Waals surface area contributed by atoms with Crippen LogP contribution in [0.4, 0.5) is 5.69 Å². The quantitative estimate of drug-likeness (QED) is 0.641. The smallest absolute Gasteiger partial charge is 0.136 e. The van der Waals surface area contributed by atoms with E-state index in [0.717, 1.165) is 30.1 Å². The number of nitrogens with one attached hydrogen (secondary N) is 1. The zero-order valence-corrected chi connectivity index (χ0v) is 17.9. The third-order valence-corrected chi connectivity index (χ3v) is 5.91. The largest absolute Gasteiger partial charge is 0.507 e. The van der Waals surface area contributed by atoms with Gasteiger partial charge in [0.2, 0.25) is 0 Å². The summed E-state index contributed by atoms with van der Waals surface area (Å²) in [5, 5.41) is 10.5. The number of hydrogen-bond donors (Lipinski definition) is 2. The van der Waals surface area contributed by atoms with E-state index in [4.69, 9.17) is 9.73 Å². The van der Waals surface area contributed by atoms with Gasteiger partial charge >= 0.3 is 0 Å². The van der Waals surface area contributed by atoms with Gasteiger partial charge in [-0.3, -0.25) is 4.99 Å². The summed E-state index contributed by atoms with van der Waals surface area (Å²) in [6, 6.07) is 14.4. The molecule has 1 aliphatic rings. The van der Waals surface area contributed by atoms with E-state index in [1.54, 1.807) is 18.2 Å². The van der Waals surface area contributed by atoms with Gasteiger partial charge in [0.1, 0.15) is 17.5 Å². The SMILES string of the molecule is CCN(CC)c1ccc(C=NC[C@@H](c2ccccc2OC)[NH+]2CCCC2)c(O)c1. The summed E-state index contributed by atoms with van der Waals surface area (Å²) in [5.41, 5.74) is 3.01. The number of quaternary nitrogens is 1. The van der Waals surface area contributed by atoms with Crippen LogP contribution in [0.25, 0.3) is 0 Å². The molecule has 5 heteroatoms. The standard InChI is InChI=1S/C24H33N3O2/c1-4-26(5-2)20-13-12-19(23(28)16-20)17-25-18-22(27-14-8-9-15-27)21-10-6-7-11-24(21)29-3/h6-7,10-13,16-17,22,28H,4-5,8-9,14-15,18H2,1-3H3/p+1/t22-/m0/s1. The molecule has 0 saturated carbocycles. The number of methoxy groups -OCH3 is 1. The van der Waals surface area contributed by atoms with Gasteiger partial charge in [-0.15, -0.1) is 0 Å². The van der Waals surface area contributed by atoms with Crippen molar-refractivity contribution >= 4 is 11.9 Å². The van der Waals surface area contributed by atoms with E-state index in [1.165, 1.54) is 31.5 Å². The molecule has 29 heavy (non-hydrogen) atoms. The maximum absolute atomic E-state index is 10.5. The van der Waals surface area contributed by atoms with Gasteiger partial charge in [-0.25, -0.2) is 0 Å². The number of rotatable bonds is 9. The minimum Gasteiger partial charge on any atom is -0.507 e. The Morgan fingerprint density at radius 2 is 1.86 bits per heavy atom. The average Bonchev–Trinajstić information content (AvgIpc) is 3.28. The van der Waals surface area contributed by atoms with Crippen LogP contribution in [-0.2, 0) is 0 Å². The Hall–Kier alpha value is -2.53. The van der Waals surface area contributed by atoms with Crippen LogP contribution in [0.5, 0.6) is 11.5 Å². The van der Waals surface area contributed by atoms with Crippen molar-refractivity contribution in [3.63, 3.8) is 0 Å². The van der Waals surface area contributed by atoms with Crippen molar-refractivity contribution in [2.45, 2.75) is 32.7 Å². The fourth-order valence-corrected chi connectivity index (χ4v) is 4.26. The summed E-state index contributed by atoms with van der Waals surface area (Å²) in [4.78, 5) is 8.52. The Balaban J connectivity index is 1.78. The molecular weight excluding hydrogens is 362 g/mol. The van der Waals surface area contributed by atoms with Gasteiger partial charge in [-0.05, 0) is 38.1 Å². The van der Waals surface area contributed by atoms with Gasteiger partial charge in [0.25, 0.3) is 0 Å². The summed E-state index contributed by atoms with van der Waals surface area (Å²) >= 11 is 0. The summed E-state index contributed by atoms with van der Waals surface area (Å²) < 4.78 is 5.62. The third-order valence-electron chi connectivity index (χ3n) is 5.91. The molecule has 2 aromatic rings. The number of aromatic hydroxyl groups is 1. The highest BCUT2D eigenvalue weighted by atomic mass is 16.5. The third kappa shape index (κ3) is 5.10. The molecule has 1 aliphatic heterocycles. The number of phenolic OH excluding ortho intramolecular Hbond substituents is 1. The van der Waals surface area contributed by atoms with Gasteiger partial charge in [0.05, 0.1) is 32.3 Å². The van der Waals surface area contributed by atoms with Gasteiger partial charge in [0, 0.05) is 49.5 Å². The fourth-order valence-electron chi connectivity index (χ4n) is 4.26. The van der Waals surface area contributed by atoms with Gasteiger partial charge in [-0.1, -0.05) is 12.1 Å². The molecule has 0 amide bonds. The number of phenols is 1. The van der Waals surface area contributed by atoms with E-state index >= 15 is 0 Å². The molecule has 1 heterocycles. The monoisotopic (exact) mass is 396 g/mol. The number of anilines is 1. The van der Waals surface area contributed by atoms with Crippen LogP contribution in [-0.4, -0.2) is 51.2 Å². The Morgan fingerprint density at radius 3 is 2.52 bits per heavy atom. The highest BCUT2D eigenvalue weighted by Crippen LogP contribution is 2.25. The number of hydrogen-bond acceptors (Lipinski definition) is 4. The number of ether oxygens (including phenoxy) is 1.